The molecule has 0 unspecified atom stereocenters. The molecule has 11 heteroatoms. The standard InChI is InChI=1S/C23H16Cl4N2O3S2/c1-2-29(14-6-4-3-5-7-14)34(31,32)15-8-9-16(25)18(12-15)28-23(30)22-21(27)20-17(26)10-13(24)11-19(20)33-22/h3-12H,2H2,1H3,(H,28,30). The van der Waals surface area contributed by atoms with Crippen molar-refractivity contribution < 1.29 is 13.2 Å². The summed E-state index contributed by atoms with van der Waals surface area (Å²) >= 11 is 26.1. The van der Waals surface area contributed by atoms with Crippen LogP contribution in [-0.4, -0.2) is 20.9 Å². The van der Waals surface area contributed by atoms with E-state index in [1.807, 2.05) is 0 Å². The van der Waals surface area contributed by atoms with Crippen LogP contribution in [0.25, 0.3) is 10.1 Å². The number of carbonyl (C=O) groups excluding carboxylic acids is 1. The van der Waals surface area contributed by atoms with Gasteiger partial charge in [-0.3, -0.25) is 9.10 Å². The summed E-state index contributed by atoms with van der Waals surface area (Å²) in [5.74, 6) is -0.551. The topological polar surface area (TPSA) is 66.5 Å². The Hall–Kier alpha value is -2.00. The summed E-state index contributed by atoms with van der Waals surface area (Å²) in [6, 6.07) is 16.1. The number of nitrogens with one attached hydrogen (secondary N) is 1. The summed E-state index contributed by atoms with van der Waals surface area (Å²) in [4.78, 5) is 13.2. The molecule has 0 saturated carbocycles. The molecule has 1 N–H and O–H groups in total. The van der Waals surface area contributed by atoms with E-state index in [2.05, 4.69) is 5.32 Å². The summed E-state index contributed by atoms with van der Waals surface area (Å²) in [7, 11) is -3.92. The molecule has 1 amide bonds. The van der Waals surface area contributed by atoms with Crippen molar-refractivity contribution in [1.29, 1.82) is 0 Å². The minimum Gasteiger partial charge on any atom is -0.320 e. The largest absolute Gasteiger partial charge is 0.320 e. The van der Waals surface area contributed by atoms with Crippen LogP contribution in [0.2, 0.25) is 20.1 Å². The summed E-state index contributed by atoms with van der Waals surface area (Å²) in [5, 5.41) is 4.29. The van der Waals surface area contributed by atoms with Crippen LogP contribution >= 0.6 is 57.7 Å². The highest BCUT2D eigenvalue weighted by Gasteiger charge is 2.26. The van der Waals surface area contributed by atoms with Gasteiger partial charge in [0.1, 0.15) is 4.88 Å². The summed E-state index contributed by atoms with van der Waals surface area (Å²) in [5.41, 5.74) is 0.660. The summed E-state index contributed by atoms with van der Waals surface area (Å²) in [6.07, 6.45) is 0. The number of hydrogen-bond donors (Lipinski definition) is 1. The molecule has 5 nitrogen and oxygen atoms in total. The lowest BCUT2D eigenvalue weighted by Crippen LogP contribution is -2.30. The second kappa shape index (κ2) is 9.93. The van der Waals surface area contributed by atoms with Crippen LogP contribution in [0.3, 0.4) is 0 Å². The SMILES string of the molecule is CCN(c1ccccc1)S(=O)(=O)c1ccc(Cl)c(NC(=O)c2sc3cc(Cl)cc(Cl)c3c2Cl)c1. The number of rotatable bonds is 6. The second-order valence-electron chi connectivity index (χ2n) is 7.11. The third-order valence-electron chi connectivity index (χ3n) is 4.96. The minimum atomic E-state index is -3.92. The zero-order valence-corrected chi connectivity index (χ0v) is 22.1. The van der Waals surface area contributed by atoms with Crippen molar-refractivity contribution in [3.05, 3.63) is 85.6 Å². The van der Waals surface area contributed by atoms with Gasteiger partial charge in [0.15, 0.2) is 0 Å². The zero-order chi connectivity index (χ0) is 24.6. The average Bonchev–Trinajstić information content (AvgIpc) is 3.12. The summed E-state index contributed by atoms with van der Waals surface area (Å²) < 4.78 is 28.6. The number of para-hydroxylation sites is 1. The van der Waals surface area contributed by atoms with Gasteiger partial charge in [-0.05, 0) is 49.4 Å². The first-order valence-corrected chi connectivity index (χ1v) is 13.7. The van der Waals surface area contributed by atoms with Crippen molar-refractivity contribution in [3.8, 4) is 0 Å². The van der Waals surface area contributed by atoms with Crippen molar-refractivity contribution in [3.63, 3.8) is 0 Å². The molecule has 176 valence electrons. The molecular weight excluding hydrogens is 558 g/mol. The normalized spacial score (nSPS) is 11.6. The van der Waals surface area contributed by atoms with Crippen LogP contribution in [0.15, 0.2) is 65.6 Å². The van der Waals surface area contributed by atoms with Gasteiger partial charge >= 0.3 is 0 Å². The predicted octanol–water partition coefficient (Wildman–Crippen LogP) is 7.98. The lowest BCUT2D eigenvalue weighted by atomic mass is 10.2. The number of nitrogens with zero attached hydrogens (tertiary/aromatic N) is 1. The molecule has 1 aromatic heterocycles. The van der Waals surface area contributed by atoms with Crippen molar-refractivity contribution >= 4 is 95.1 Å². The third-order valence-corrected chi connectivity index (χ3v) is 9.33. The fraction of sp³-hybridized carbons (Fsp3) is 0.0870. The van der Waals surface area contributed by atoms with Crippen molar-refractivity contribution in [2.75, 3.05) is 16.2 Å². The number of carbonyl (C=O) groups is 1. The van der Waals surface area contributed by atoms with Gasteiger partial charge in [0, 0.05) is 21.7 Å². The molecule has 0 saturated heterocycles. The molecule has 34 heavy (non-hydrogen) atoms. The van der Waals surface area contributed by atoms with Crippen molar-refractivity contribution in [2.24, 2.45) is 0 Å². The van der Waals surface area contributed by atoms with E-state index in [9.17, 15) is 13.2 Å². The van der Waals surface area contributed by atoms with Crippen LogP contribution in [0.1, 0.15) is 16.6 Å². The molecule has 0 spiro atoms. The molecule has 0 aliphatic heterocycles. The Bertz CT molecular complexity index is 1510. The minimum absolute atomic E-state index is 0.0184. The van der Waals surface area contributed by atoms with E-state index in [1.54, 1.807) is 49.4 Å². The Morgan fingerprint density at radius 3 is 2.35 bits per heavy atom. The Morgan fingerprint density at radius 1 is 0.971 bits per heavy atom. The van der Waals surface area contributed by atoms with Gasteiger partial charge in [-0.2, -0.15) is 0 Å². The Labute approximate surface area is 220 Å². The maximum Gasteiger partial charge on any atom is 0.267 e. The highest BCUT2D eigenvalue weighted by atomic mass is 35.5. The quantitative estimate of drug-likeness (QED) is 0.254. The molecule has 0 atom stereocenters. The van der Waals surface area contributed by atoms with Gasteiger partial charge in [0.05, 0.1) is 31.3 Å². The van der Waals surface area contributed by atoms with E-state index < -0.39 is 15.9 Å². The van der Waals surface area contributed by atoms with E-state index in [0.717, 1.165) is 11.3 Å². The molecule has 0 fully saturated rings. The Kier molecular flexibility index (Phi) is 7.33. The van der Waals surface area contributed by atoms with E-state index >= 15 is 0 Å². The van der Waals surface area contributed by atoms with E-state index in [4.69, 9.17) is 46.4 Å². The highest BCUT2D eigenvalue weighted by Crippen LogP contribution is 2.41. The van der Waals surface area contributed by atoms with Crippen LogP contribution in [0.4, 0.5) is 11.4 Å². The molecule has 0 radical (unpaired) electrons. The fourth-order valence-electron chi connectivity index (χ4n) is 3.41. The molecule has 4 rings (SSSR count). The van der Waals surface area contributed by atoms with Crippen LogP contribution in [-0.2, 0) is 10.0 Å². The Balaban J connectivity index is 1.69. The number of halogens is 4. The molecular formula is C23H16Cl4N2O3S2. The van der Waals surface area contributed by atoms with E-state index in [-0.39, 0.29) is 32.1 Å². The lowest BCUT2D eigenvalue weighted by Gasteiger charge is -2.23. The van der Waals surface area contributed by atoms with Crippen molar-refractivity contribution in [2.45, 2.75) is 11.8 Å². The molecule has 0 bridgehead atoms. The second-order valence-corrected chi connectivity index (χ2v) is 11.7. The number of amides is 1. The first kappa shape index (κ1) is 25.1. The van der Waals surface area contributed by atoms with Gasteiger partial charge in [0.2, 0.25) is 0 Å². The molecule has 4 aromatic rings. The van der Waals surface area contributed by atoms with Crippen LogP contribution in [0.5, 0.6) is 0 Å². The van der Waals surface area contributed by atoms with E-state index in [1.165, 1.54) is 22.5 Å². The third kappa shape index (κ3) is 4.73. The number of sulfonamides is 1. The fourth-order valence-corrected chi connectivity index (χ4v) is 7.35. The number of benzene rings is 3. The summed E-state index contributed by atoms with van der Waals surface area (Å²) in [6.45, 7) is 1.96. The van der Waals surface area contributed by atoms with Crippen LogP contribution < -0.4 is 9.62 Å². The van der Waals surface area contributed by atoms with Gasteiger partial charge in [-0.1, -0.05) is 64.6 Å². The number of fused-ring (bicyclic) bond motifs is 1. The molecule has 1 heterocycles. The van der Waals surface area contributed by atoms with Gasteiger partial charge in [-0.15, -0.1) is 11.3 Å². The maximum atomic E-state index is 13.3. The Morgan fingerprint density at radius 2 is 1.68 bits per heavy atom. The van der Waals surface area contributed by atoms with Crippen LogP contribution in [0, 0.1) is 0 Å². The molecule has 0 aliphatic carbocycles. The van der Waals surface area contributed by atoms with E-state index in [0.29, 0.717) is 25.8 Å². The molecule has 3 aromatic carbocycles. The number of anilines is 2. The monoisotopic (exact) mass is 572 g/mol. The van der Waals surface area contributed by atoms with Gasteiger partial charge in [0.25, 0.3) is 15.9 Å². The van der Waals surface area contributed by atoms with Gasteiger partial charge in [-0.25, -0.2) is 8.42 Å². The van der Waals surface area contributed by atoms with Gasteiger partial charge < -0.3 is 5.32 Å². The first-order valence-electron chi connectivity index (χ1n) is 9.89. The first-order chi connectivity index (χ1) is 16.1. The predicted molar refractivity (Wildman–Crippen MR) is 143 cm³/mol. The number of hydrogen-bond acceptors (Lipinski definition) is 4. The highest BCUT2D eigenvalue weighted by molar-refractivity contribution is 7.92. The lowest BCUT2D eigenvalue weighted by molar-refractivity contribution is 0.103. The molecule has 0 aliphatic rings. The smallest absolute Gasteiger partial charge is 0.267 e. The number of thiophene rings is 1. The maximum absolute atomic E-state index is 13.3. The average molecular weight is 574 g/mol. The van der Waals surface area contributed by atoms with Crippen molar-refractivity contribution in [1.82, 2.24) is 0 Å². The zero-order valence-electron chi connectivity index (χ0n) is 17.5.